The molecule has 0 fully saturated rings. The van der Waals surface area contributed by atoms with Crippen LogP contribution in [0.5, 0.6) is 0 Å². The molecule has 2 rings (SSSR count). The Balaban J connectivity index is 2.34. The number of hydrogen-bond donors (Lipinski definition) is 0. The van der Waals surface area contributed by atoms with E-state index >= 15 is 0 Å². The molecule has 0 aromatic carbocycles. The van der Waals surface area contributed by atoms with Gasteiger partial charge in [0.1, 0.15) is 6.33 Å². The molecule has 2 heterocycles. The molecular weight excluding hydrogens is 290 g/mol. The molecule has 0 bridgehead atoms. The third kappa shape index (κ3) is 2.79. The average Bonchev–Trinajstić information content (AvgIpc) is 2.74. The molecule has 0 N–H and O–H groups in total. The fourth-order valence-electron chi connectivity index (χ4n) is 1.55. The van der Waals surface area contributed by atoms with Crippen molar-refractivity contribution in [3.63, 3.8) is 0 Å². The summed E-state index contributed by atoms with van der Waals surface area (Å²) in [6, 6.07) is 0. The van der Waals surface area contributed by atoms with Crippen molar-refractivity contribution in [1.29, 1.82) is 0 Å². The SMILES string of the molecule is Cc1ncsc1CN(C)c1ncnc(Cl)c1[N+](=O)[O-]. The molecule has 2 aromatic heterocycles. The predicted molar refractivity (Wildman–Crippen MR) is 72.7 cm³/mol. The van der Waals surface area contributed by atoms with Crippen LogP contribution >= 0.6 is 22.9 Å². The van der Waals surface area contributed by atoms with E-state index in [0.717, 1.165) is 10.6 Å². The highest BCUT2D eigenvalue weighted by Crippen LogP contribution is 2.31. The van der Waals surface area contributed by atoms with Crippen LogP contribution in [0.4, 0.5) is 11.5 Å². The molecule has 0 saturated heterocycles. The number of anilines is 1. The van der Waals surface area contributed by atoms with Crippen LogP contribution in [-0.4, -0.2) is 26.9 Å². The number of aromatic nitrogens is 3. The van der Waals surface area contributed by atoms with Crippen molar-refractivity contribution >= 4 is 34.4 Å². The van der Waals surface area contributed by atoms with Gasteiger partial charge in [-0.3, -0.25) is 10.1 Å². The minimum Gasteiger partial charge on any atom is -0.349 e. The Labute approximate surface area is 118 Å². The molecule has 0 amide bonds. The predicted octanol–water partition coefficient (Wildman–Crippen LogP) is 2.44. The Morgan fingerprint density at radius 3 is 2.79 bits per heavy atom. The number of halogens is 1. The quantitative estimate of drug-likeness (QED) is 0.490. The molecule has 2 aromatic rings. The maximum atomic E-state index is 11.0. The van der Waals surface area contributed by atoms with Crippen LogP contribution in [0.25, 0.3) is 0 Å². The van der Waals surface area contributed by atoms with Gasteiger partial charge in [-0.25, -0.2) is 15.0 Å². The van der Waals surface area contributed by atoms with Gasteiger partial charge in [0.2, 0.25) is 11.0 Å². The van der Waals surface area contributed by atoms with Gasteiger partial charge in [0, 0.05) is 11.9 Å². The van der Waals surface area contributed by atoms with E-state index in [4.69, 9.17) is 11.6 Å². The van der Waals surface area contributed by atoms with Crippen LogP contribution in [0.15, 0.2) is 11.8 Å². The van der Waals surface area contributed by atoms with Crippen molar-refractivity contribution in [2.75, 3.05) is 11.9 Å². The minimum atomic E-state index is -0.576. The number of nitro groups is 1. The van der Waals surface area contributed by atoms with E-state index < -0.39 is 4.92 Å². The highest BCUT2D eigenvalue weighted by atomic mass is 35.5. The third-order valence-electron chi connectivity index (χ3n) is 2.53. The topological polar surface area (TPSA) is 85.0 Å². The van der Waals surface area contributed by atoms with Crippen LogP contribution in [0.2, 0.25) is 5.15 Å². The fraction of sp³-hybridized carbons (Fsp3) is 0.300. The maximum absolute atomic E-state index is 11.0. The largest absolute Gasteiger partial charge is 0.349 e. The van der Waals surface area contributed by atoms with E-state index in [1.165, 1.54) is 17.7 Å². The monoisotopic (exact) mass is 299 g/mol. The summed E-state index contributed by atoms with van der Waals surface area (Å²) in [7, 11) is 1.71. The first-order valence-corrected chi connectivity index (χ1v) is 6.51. The van der Waals surface area contributed by atoms with Crippen molar-refractivity contribution in [3.05, 3.63) is 37.7 Å². The molecule has 0 unspecified atom stereocenters. The van der Waals surface area contributed by atoms with E-state index in [0.29, 0.717) is 6.54 Å². The number of nitrogens with zero attached hydrogens (tertiary/aromatic N) is 5. The number of rotatable bonds is 4. The summed E-state index contributed by atoms with van der Waals surface area (Å²) in [6.07, 6.45) is 1.21. The van der Waals surface area contributed by atoms with Crippen LogP contribution < -0.4 is 4.90 Å². The van der Waals surface area contributed by atoms with Gasteiger partial charge in [0.05, 0.1) is 22.7 Å². The van der Waals surface area contributed by atoms with Gasteiger partial charge in [-0.2, -0.15) is 0 Å². The van der Waals surface area contributed by atoms with Gasteiger partial charge in [-0.05, 0) is 6.92 Å². The third-order valence-corrected chi connectivity index (χ3v) is 3.72. The molecule has 0 saturated carbocycles. The van der Waals surface area contributed by atoms with Gasteiger partial charge in [-0.15, -0.1) is 11.3 Å². The molecule has 100 valence electrons. The van der Waals surface area contributed by atoms with Crippen molar-refractivity contribution < 1.29 is 4.92 Å². The summed E-state index contributed by atoms with van der Waals surface area (Å²) in [6.45, 7) is 2.37. The molecule has 0 spiro atoms. The average molecular weight is 300 g/mol. The van der Waals surface area contributed by atoms with E-state index in [9.17, 15) is 10.1 Å². The lowest BCUT2D eigenvalue weighted by atomic mass is 10.3. The van der Waals surface area contributed by atoms with Gasteiger partial charge in [0.15, 0.2) is 0 Å². The maximum Gasteiger partial charge on any atom is 0.348 e. The molecule has 7 nitrogen and oxygen atoms in total. The second-order valence-electron chi connectivity index (χ2n) is 3.81. The Hall–Kier alpha value is -1.80. The molecule has 0 aliphatic rings. The zero-order valence-corrected chi connectivity index (χ0v) is 11.8. The summed E-state index contributed by atoms with van der Waals surface area (Å²) >= 11 is 7.24. The Morgan fingerprint density at radius 2 is 2.21 bits per heavy atom. The normalized spacial score (nSPS) is 10.5. The Kier molecular flexibility index (Phi) is 3.91. The molecular formula is C10H10ClN5O2S. The Morgan fingerprint density at radius 1 is 1.47 bits per heavy atom. The van der Waals surface area contributed by atoms with Crippen LogP contribution in [0.1, 0.15) is 10.6 Å². The van der Waals surface area contributed by atoms with Crippen molar-refractivity contribution in [1.82, 2.24) is 15.0 Å². The zero-order chi connectivity index (χ0) is 14.0. The van der Waals surface area contributed by atoms with Crippen molar-refractivity contribution in [3.8, 4) is 0 Å². The first-order chi connectivity index (χ1) is 9.00. The van der Waals surface area contributed by atoms with Gasteiger partial charge in [0.25, 0.3) is 0 Å². The van der Waals surface area contributed by atoms with Crippen molar-refractivity contribution in [2.24, 2.45) is 0 Å². The lowest BCUT2D eigenvalue weighted by Gasteiger charge is -2.17. The summed E-state index contributed by atoms with van der Waals surface area (Å²) in [5.41, 5.74) is 2.35. The first kappa shape index (κ1) is 13.6. The smallest absolute Gasteiger partial charge is 0.348 e. The molecule has 0 radical (unpaired) electrons. The zero-order valence-electron chi connectivity index (χ0n) is 10.2. The second kappa shape index (κ2) is 5.45. The van der Waals surface area contributed by atoms with Gasteiger partial charge < -0.3 is 4.90 Å². The molecule has 19 heavy (non-hydrogen) atoms. The molecule has 0 aliphatic carbocycles. The van der Waals surface area contributed by atoms with Crippen molar-refractivity contribution in [2.45, 2.75) is 13.5 Å². The standard InChI is InChI=1S/C10H10ClN5O2S/c1-6-7(19-5-14-6)3-15(2)10-8(16(17)18)9(11)12-4-13-10/h4-5H,3H2,1-2H3. The molecule has 0 aliphatic heterocycles. The van der Waals surface area contributed by atoms with E-state index in [2.05, 4.69) is 15.0 Å². The first-order valence-electron chi connectivity index (χ1n) is 5.25. The number of thiazole rings is 1. The van der Waals surface area contributed by atoms with Gasteiger partial charge >= 0.3 is 5.69 Å². The van der Waals surface area contributed by atoms with Crippen LogP contribution in [-0.2, 0) is 6.54 Å². The van der Waals surface area contributed by atoms with E-state index in [-0.39, 0.29) is 16.7 Å². The minimum absolute atomic E-state index is 0.164. The van der Waals surface area contributed by atoms with Gasteiger partial charge in [-0.1, -0.05) is 11.6 Å². The molecule has 0 atom stereocenters. The lowest BCUT2D eigenvalue weighted by Crippen LogP contribution is -2.19. The Bertz CT molecular complexity index is 618. The summed E-state index contributed by atoms with van der Waals surface area (Å²) in [4.78, 5) is 24.8. The van der Waals surface area contributed by atoms with E-state index in [1.807, 2.05) is 6.92 Å². The lowest BCUT2D eigenvalue weighted by molar-refractivity contribution is -0.384. The summed E-state index contributed by atoms with van der Waals surface area (Å²) in [5.74, 6) is 0.192. The highest BCUT2D eigenvalue weighted by molar-refractivity contribution is 7.09. The fourth-order valence-corrected chi connectivity index (χ4v) is 2.58. The summed E-state index contributed by atoms with van der Waals surface area (Å²) in [5, 5.41) is 10.9. The van der Waals surface area contributed by atoms with Crippen LogP contribution in [0.3, 0.4) is 0 Å². The van der Waals surface area contributed by atoms with Crippen LogP contribution in [0, 0.1) is 17.0 Å². The highest BCUT2D eigenvalue weighted by Gasteiger charge is 2.24. The number of aryl methyl sites for hydroxylation is 1. The van der Waals surface area contributed by atoms with E-state index in [1.54, 1.807) is 17.5 Å². The number of hydrogen-bond acceptors (Lipinski definition) is 7. The second-order valence-corrected chi connectivity index (χ2v) is 5.11. The summed E-state index contributed by atoms with van der Waals surface area (Å²) < 4.78 is 0. The molecule has 9 heteroatoms.